The Bertz CT molecular complexity index is 687. The Morgan fingerprint density at radius 3 is 2.61 bits per heavy atom. The maximum atomic E-state index is 12.2. The van der Waals surface area contributed by atoms with E-state index in [1.807, 2.05) is 13.8 Å². The molecule has 0 aliphatic heterocycles. The summed E-state index contributed by atoms with van der Waals surface area (Å²) in [6, 6.07) is 6.86. The van der Waals surface area contributed by atoms with Gasteiger partial charge in [0.15, 0.2) is 0 Å². The fourth-order valence-corrected chi connectivity index (χ4v) is 2.11. The first-order valence-electron chi connectivity index (χ1n) is 5.97. The van der Waals surface area contributed by atoms with Crippen molar-refractivity contribution >= 4 is 22.7 Å². The van der Waals surface area contributed by atoms with Crippen LogP contribution in [0.4, 0.5) is 0 Å². The van der Waals surface area contributed by atoms with Crippen molar-refractivity contribution in [3.63, 3.8) is 0 Å². The lowest BCUT2D eigenvalue weighted by Crippen LogP contribution is -2.39. The molecule has 1 aromatic heterocycles. The summed E-state index contributed by atoms with van der Waals surface area (Å²) in [6.07, 6.45) is 0.904. The van der Waals surface area contributed by atoms with E-state index in [1.165, 1.54) is 4.57 Å². The zero-order chi connectivity index (χ0) is 13.3. The summed E-state index contributed by atoms with van der Waals surface area (Å²) < 4.78 is 2.22. The molecule has 0 amide bonds. The van der Waals surface area contributed by atoms with E-state index in [0.29, 0.717) is 17.4 Å². The lowest BCUT2D eigenvalue weighted by Gasteiger charge is -2.12. The fourth-order valence-electron chi connectivity index (χ4n) is 1.87. The number of aromatic nitrogens is 2. The second-order valence-electron chi connectivity index (χ2n) is 4.51. The van der Waals surface area contributed by atoms with Gasteiger partial charge in [-0.25, -0.2) is 8.88 Å². The predicted octanol–water partition coefficient (Wildman–Crippen LogP) is 2.21. The van der Waals surface area contributed by atoms with Crippen LogP contribution < -0.4 is 11.2 Å². The summed E-state index contributed by atoms with van der Waals surface area (Å²) in [5.74, 6) is 0.258. The molecule has 1 unspecified atom stereocenters. The summed E-state index contributed by atoms with van der Waals surface area (Å²) in [6.45, 7) is 4.42. The van der Waals surface area contributed by atoms with Gasteiger partial charge in [0.25, 0.3) is 5.56 Å². The van der Waals surface area contributed by atoms with E-state index in [9.17, 15) is 9.59 Å². The van der Waals surface area contributed by atoms with Crippen molar-refractivity contribution in [2.75, 3.05) is 0 Å². The third-order valence-electron chi connectivity index (χ3n) is 3.18. The minimum Gasteiger partial charge on any atom is -0.268 e. The summed E-state index contributed by atoms with van der Waals surface area (Å²) in [5, 5.41) is 0.468. The second-order valence-corrected chi connectivity index (χ2v) is 4.85. The van der Waals surface area contributed by atoms with Gasteiger partial charge >= 0.3 is 5.69 Å². The molecule has 0 aliphatic rings. The Labute approximate surface area is 110 Å². The first kappa shape index (κ1) is 12.9. The minimum absolute atomic E-state index is 0.258. The number of para-hydroxylation sites is 1. The zero-order valence-electron chi connectivity index (χ0n) is 10.4. The first-order valence-corrected chi connectivity index (χ1v) is 6.30. The molecule has 4 nitrogen and oxygen atoms in total. The highest BCUT2D eigenvalue weighted by Crippen LogP contribution is 2.09. The molecule has 0 radical (unpaired) electrons. The molecule has 0 saturated carbocycles. The Kier molecular flexibility index (Phi) is 3.57. The lowest BCUT2D eigenvalue weighted by atomic mass is 10.1. The largest absolute Gasteiger partial charge is 0.346 e. The van der Waals surface area contributed by atoms with Crippen molar-refractivity contribution in [3.05, 3.63) is 45.1 Å². The fraction of sp³-hybridized carbons (Fsp3) is 0.385. The number of halogens is 1. The zero-order valence-corrected chi connectivity index (χ0v) is 11.1. The van der Waals surface area contributed by atoms with E-state index in [4.69, 9.17) is 11.8 Å². The smallest absolute Gasteiger partial charge is 0.268 e. The van der Waals surface area contributed by atoms with Crippen molar-refractivity contribution < 1.29 is 0 Å². The van der Waals surface area contributed by atoms with Crippen LogP contribution in [0.3, 0.4) is 0 Å². The summed E-state index contributed by atoms with van der Waals surface area (Å²) in [7, 11) is 0. The Morgan fingerprint density at radius 2 is 1.94 bits per heavy atom. The number of hydrogen-bond donors (Lipinski definition) is 0. The molecule has 0 N–H and O–H groups in total. The molecule has 0 bridgehead atoms. The van der Waals surface area contributed by atoms with Gasteiger partial charge in [0.2, 0.25) is 0 Å². The average Bonchev–Trinajstić information content (AvgIpc) is 2.40. The van der Waals surface area contributed by atoms with Crippen LogP contribution in [0.25, 0.3) is 10.9 Å². The maximum absolute atomic E-state index is 12.2. The monoisotopic (exact) mass is 266 g/mol. The maximum Gasteiger partial charge on any atom is 0.346 e. The third kappa shape index (κ3) is 2.08. The van der Waals surface area contributed by atoms with E-state index in [2.05, 4.69) is 0 Å². The normalized spacial score (nSPS) is 12.8. The van der Waals surface area contributed by atoms with E-state index < -0.39 is 5.69 Å². The van der Waals surface area contributed by atoms with Crippen LogP contribution in [0, 0.1) is 5.92 Å². The third-order valence-corrected chi connectivity index (χ3v) is 3.51. The number of nitrogens with zero attached hydrogens (tertiary/aromatic N) is 2. The van der Waals surface area contributed by atoms with Crippen LogP contribution in [-0.2, 0) is 6.54 Å². The molecule has 2 rings (SSSR count). The van der Waals surface area contributed by atoms with E-state index >= 15 is 0 Å². The molecule has 0 fully saturated rings. The van der Waals surface area contributed by atoms with Gasteiger partial charge < -0.3 is 0 Å². The molecule has 0 saturated heterocycles. The second kappa shape index (κ2) is 4.98. The molecular weight excluding hydrogens is 252 g/mol. The molecule has 1 heterocycles. The topological polar surface area (TPSA) is 44.0 Å². The van der Waals surface area contributed by atoms with Gasteiger partial charge in [-0.05, 0) is 18.1 Å². The average molecular weight is 267 g/mol. The van der Waals surface area contributed by atoms with Gasteiger partial charge in [-0.1, -0.05) is 32.4 Å². The lowest BCUT2D eigenvalue weighted by molar-refractivity contribution is 0.447. The summed E-state index contributed by atoms with van der Waals surface area (Å²) >= 11 is 5.97. The summed E-state index contributed by atoms with van der Waals surface area (Å²) in [5.41, 5.74) is -0.289. The minimum atomic E-state index is -0.472. The molecular formula is C13H15ClN2O2. The highest BCUT2D eigenvalue weighted by molar-refractivity contribution is 6.18. The van der Waals surface area contributed by atoms with Crippen LogP contribution >= 0.6 is 11.8 Å². The predicted molar refractivity (Wildman–Crippen MR) is 73.2 cm³/mol. The number of fused-ring (bicyclic) bond motifs is 1. The van der Waals surface area contributed by atoms with Gasteiger partial charge in [-0.2, -0.15) is 0 Å². The van der Waals surface area contributed by atoms with E-state index in [-0.39, 0.29) is 11.5 Å². The number of hydrogen-bond acceptors (Lipinski definition) is 2. The summed E-state index contributed by atoms with van der Waals surface area (Å²) in [4.78, 5) is 24.3. The van der Waals surface area contributed by atoms with Crippen molar-refractivity contribution in [2.24, 2.45) is 5.92 Å². The van der Waals surface area contributed by atoms with E-state index in [0.717, 1.165) is 10.5 Å². The van der Waals surface area contributed by atoms with Crippen molar-refractivity contribution in [2.45, 2.75) is 26.8 Å². The molecule has 96 valence electrons. The van der Waals surface area contributed by atoms with Crippen molar-refractivity contribution in [1.29, 1.82) is 0 Å². The molecule has 1 aromatic carbocycles. The highest BCUT2D eigenvalue weighted by atomic mass is 35.5. The van der Waals surface area contributed by atoms with Gasteiger partial charge in [-0.15, -0.1) is 0 Å². The van der Waals surface area contributed by atoms with Crippen molar-refractivity contribution in [1.82, 2.24) is 8.65 Å². The van der Waals surface area contributed by atoms with Crippen LogP contribution in [-0.4, -0.2) is 8.65 Å². The molecule has 0 spiro atoms. The van der Waals surface area contributed by atoms with Crippen LogP contribution in [0.2, 0.25) is 0 Å². The molecule has 1 atom stereocenters. The molecule has 5 heteroatoms. The first-order chi connectivity index (χ1) is 8.56. The van der Waals surface area contributed by atoms with Crippen molar-refractivity contribution in [3.8, 4) is 0 Å². The van der Waals surface area contributed by atoms with Gasteiger partial charge in [0.1, 0.15) is 0 Å². The molecule has 18 heavy (non-hydrogen) atoms. The van der Waals surface area contributed by atoms with Crippen LogP contribution in [0.1, 0.15) is 20.3 Å². The standard InChI is InChI=1S/C13H15ClN2O2/c1-3-9(2)8-15-12(17)10-6-4-5-7-11(10)16(14)13(15)18/h4-7,9H,3,8H2,1-2H3. The van der Waals surface area contributed by atoms with Gasteiger partial charge in [0.05, 0.1) is 10.9 Å². The Morgan fingerprint density at radius 1 is 1.28 bits per heavy atom. The molecule has 0 aliphatic carbocycles. The number of rotatable bonds is 3. The quantitative estimate of drug-likeness (QED) is 0.855. The van der Waals surface area contributed by atoms with Gasteiger partial charge in [-0.3, -0.25) is 9.36 Å². The van der Waals surface area contributed by atoms with Gasteiger partial charge in [0, 0.05) is 18.3 Å². The van der Waals surface area contributed by atoms with Crippen LogP contribution in [0.15, 0.2) is 33.9 Å². The number of benzene rings is 1. The SMILES string of the molecule is CCC(C)Cn1c(=O)c2ccccc2n(Cl)c1=O. The Hall–Kier alpha value is -1.55. The van der Waals surface area contributed by atoms with E-state index in [1.54, 1.807) is 24.3 Å². The highest BCUT2D eigenvalue weighted by Gasteiger charge is 2.13. The Balaban J connectivity index is 2.75. The molecule has 2 aromatic rings. The van der Waals surface area contributed by atoms with Crippen LogP contribution in [0.5, 0.6) is 0 Å².